The highest BCUT2D eigenvalue weighted by Gasteiger charge is 2.22. The molecule has 0 bridgehead atoms. The summed E-state index contributed by atoms with van der Waals surface area (Å²) in [7, 11) is 0. The molecule has 0 N–H and O–H groups in total. The molecular weight excluding hydrogens is 506 g/mol. The Hall–Kier alpha value is -5.06. The van der Waals surface area contributed by atoms with Gasteiger partial charge in [0.25, 0.3) is 0 Å². The zero-order valence-electron chi connectivity index (χ0n) is 21.4. The summed E-state index contributed by atoms with van der Waals surface area (Å²) in [6, 6.07) is 45.3. The van der Waals surface area contributed by atoms with E-state index in [4.69, 9.17) is 9.97 Å². The zero-order chi connectivity index (χ0) is 26.2. The molecule has 3 aromatic heterocycles. The first-order chi connectivity index (χ1) is 19.8. The predicted octanol–water partition coefficient (Wildman–Crippen LogP) is 9.91. The molecule has 0 unspecified atom stereocenters. The van der Waals surface area contributed by atoms with Gasteiger partial charge in [0.2, 0.25) is 0 Å². The minimum atomic E-state index is 0.858. The SMILES string of the molecule is c1ccc2cc3c(cc2c1)c1ccccc1n3-c1nc2sc3ccccc3c2nc1-c1cccc2ccccc12. The van der Waals surface area contributed by atoms with E-state index in [1.807, 2.05) is 0 Å². The van der Waals surface area contributed by atoms with Crippen LogP contribution in [-0.4, -0.2) is 14.5 Å². The molecule has 4 heteroatoms. The van der Waals surface area contributed by atoms with Crippen molar-refractivity contribution in [3.63, 3.8) is 0 Å². The van der Waals surface area contributed by atoms with Gasteiger partial charge in [0.1, 0.15) is 16.0 Å². The highest BCUT2D eigenvalue weighted by Crippen LogP contribution is 2.41. The second-order valence-corrected chi connectivity index (χ2v) is 11.3. The fraction of sp³-hybridized carbons (Fsp3) is 0. The third-order valence-corrected chi connectivity index (χ3v) is 9.04. The second kappa shape index (κ2) is 8.22. The number of fused-ring (bicyclic) bond motifs is 8. The van der Waals surface area contributed by atoms with Gasteiger partial charge in [-0.05, 0) is 45.8 Å². The van der Waals surface area contributed by atoms with Crippen LogP contribution in [0.25, 0.3) is 80.9 Å². The van der Waals surface area contributed by atoms with E-state index in [1.54, 1.807) is 11.3 Å². The molecule has 0 saturated carbocycles. The quantitative estimate of drug-likeness (QED) is 0.224. The number of aromatic nitrogens is 3. The van der Waals surface area contributed by atoms with Crippen LogP contribution >= 0.6 is 11.3 Å². The van der Waals surface area contributed by atoms with Gasteiger partial charge in [-0.2, -0.15) is 0 Å². The fourth-order valence-corrected chi connectivity index (χ4v) is 7.18. The van der Waals surface area contributed by atoms with Crippen molar-refractivity contribution in [1.29, 1.82) is 0 Å². The topological polar surface area (TPSA) is 30.7 Å². The monoisotopic (exact) mass is 527 g/mol. The lowest BCUT2D eigenvalue weighted by Gasteiger charge is -2.14. The van der Waals surface area contributed by atoms with E-state index in [1.165, 1.54) is 37.0 Å². The molecule has 9 aromatic rings. The van der Waals surface area contributed by atoms with E-state index in [2.05, 4.69) is 132 Å². The maximum absolute atomic E-state index is 5.44. The Morgan fingerprint density at radius 2 is 1.18 bits per heavy atom. The van der Waals surface area contributed by atoms with E-state index in [0.717, 1.165) is 43.8 Å². The number of nitrogens with zero attached hydrogens (tertiary/aromatic N) is 3. The van der Waals surface area contributed by atoms with Crippen LogP contribution < -0.4 is 0 Å². The van der Waals surface area contributed by atoms with Crippen LogP contribution in [0.5, 0.6) is 0 Å². The molecule has 186 valence electrons. The molecule has 0 atom stereocenters. The number of benzene rings is 6. The Morgan fingerprint density at radius 1 is 0.500 bits per heavy atom. The number of rotatable bonds is 2. The average molecular weight is 528 g/mol. The average Bonchev–Trinajstić information content (AvgIpc) is 3.53. The third-order valence-electron chi connectivity index (χ3n) is 7.99. The minimum absolute atomic E-state index is 0.858. The third kappa shape index (κ3) is 3.05. The molecule has 0 saturated heterocycles. The molecule has 0 spiro atoms. The summed E-state index contributed by atoms with van der Waals surface area (Å²) < 4.78 is 3.53. The number of hydrogen-bond acceptors (Lipinski definition) is 3. The minimum Gasteiger partial charge on any atom is -0.292 e. The van der Waals surface area contributed by atoms with E-state index in [-0.39, 0.29) is 0 Å². The standard InChI is InChI=1S/C36H21N3S/c1-2-12-24-21-31-29(20-23(24)11-1)26-15-5-7-18-30(26)39(31)35-33(27-17-9-13-22-10-3-4-14-25(22)27)37-34-28-16-6-8-19-32(28)40-36(34)38-35/h1-21H. The summed E-state index contributed by atoms with van der Waals surface area (Å²) in [4.78, 5) is 11.8. The molecule has 0 radical (unpaired) electrons. The van der Waals surface area contributed by atoms with E-state index < -0.39 is 0 Å². The van der Waals surface area contributed by atoms with Gasteiger partial charge in [-0.3, -0.25) is 4.57 Å². The van der Waals surface area contributed by atoms with Gasteiger partial charge in [0, 0.05) is 26.4 Å². The summed E-state index contributed by atoms with van der Waals surface area (Å²) in [5.74, 6) is 0.858. The first-order valence-corrected chi connectivity index (χ1v) is 14.2. The van der Waals surface area contributed by atoms with Crippen LogP contribution in [0.1, 0.15) is 0 Å². The van der Waals surface area contributed by atoms with Crippen LogP contribution in [0, 0.1) is 0 Å². The van der Waals surface area contributed by atoms with Crippen LogP contribution in [0.3, 0.4) is 0 Å². The summed E-state index contributed by atoms with van der Waals surface area (Å²) in [6.07, 6.45) is 0. The van der Waals surface area contributed by atoms with Gasteiger partial charge in [-0.15, -0.1) is 11.3 Å². The number of thiophene rings is 1. The molecule has 0 aliphatic rings. The Balaban J connectivity index is 1.49. The van der Waals surface area contributed by atoms with E-state index in [9.17, 15) is 0 Å². The molecule has 0 fully saturated rings. The molecule has 3 heterocycles. The van der Waals surface area contributed by atoms with Crippen LogP contribution in [0.4, 0.5) is 0 Å². The van der Waals surface area contributed by atoms with Crippen LogP contribution in [0.15, 0.2) is 127 Å². The molecule has 9 rings (SSSR count). The zero-order valence-corrected chi connectivity index (χ0v) is 22.2. The molecular formula is C36H21N3S. The molecule has 40 heavy (non-hydrogen) atoms. The lowest BCUT2D eigenvalue weighted by molar-refractivity contribution is 1.09. The predicted molar refractivity (Wildman–Crippen MR) is 170 cm³/mol. The lowest BCUT2D eigenvalue weighted by atomic mass is 10.0. The smallest absolute Gasteiger partial charge is 0.166 e. The van der Waals surface area contributed by atoms with E-state index >= 15 is 0 Å². The Morgan fingerprint density at radius 3 is 2.05 bits per heavy atom. The molecule has 3 nitrogen and oxygen atoms in total. The van der Waals surface area contributed by atoms with Gasteiger partial charge < -0.3 is 0 Å². The van der Waals surface area contributed by atoms with E-state index in [0.29, 0.717) is 0 Å². The molecule has 6 aromatic carbocycles. The van der Waals surface area contributed by atoms with Crippen molar-refractivity contribution < 1.29 is 0 Å². The Bertz CT molecular complexity index is 2440. The summed E-state index contributed by atoms with van der Waals surface area (Å²) >= 11 is 1.71. The Kier molecular flexibility index (Phi) is 4.48. The van der Waals surface area contributed by atoms with Crippen LogP contribution in [-0.2, 0) is 0 Å². The largest absolute Gasteiger partial charge is 0.292 e. The maximum Gasteiger partial charge on any atom is 0.166 e. The van der Waals surface area contributed by atoms with Gasteiger partial charge in [0.15, 0.2) is 5.82 Å². The van der Waals surface area contributed by atoms with Crippen molar-refractivity contribution in [2.24, 2.45) is 0 Å². The fourth-order valence-electron chi connectivity index (χ4n) is 6.17. The van der Waals surface area contributed by atoms with Gasteiger partial charge in [-0.25, -0.2) is 9.97 Å². The normalized spacial score (nSPS) is 12.0. The van der Waals surface area contributed by atoms with Crippen LogP contribution in [0.2, 0.25) is 0 Å². The van der Waals surface area contributed by atoms with Gasteiger partial charge in [0.05, 0.1) is 11.0 Å². The lowest BCUT2D eigenvalue weighted by Crippen LogP contribution is -2.03. The summed E-state index contributed by atoms with van der Waals surface area (Å²) in [6.45, 7) is 0. The van der Waals surface area contributed by atoms with Crippen molar-refractivity contribution in [1.82, 2.24) is 14.5 Å². The van der Waals surface area contributed by atoms with Crippen molar-refractivity contribution in [2.45, 2.75) is 0 Å². The van der Waals surface area contributed by atoms with Gasteiger partial charge in [-0.1, -0.05) is 103 Å². The van der Waals surface area contributed by atoms with Crippen molar-refractivity contribution in [3.05, 3.63) is 127 Å². The number of hydrogen-bond donors (Lipinski definition) is 0. The first-order valence-electron chi connectivity index (χ1n) is 13.4. The number of para-hydroxylation sites is 1. The van der Waals surface area contributed by atoms with Gasteiger partial charge >= 0.3 is 0 Å². The van der Waals surface area contributed by atoms with Crippen molar-refractivity contribution >= 4 is 75.1 Å². The molecule has 0 aliphatic carbocycles. The molecule has 0 amide bonds. The maximum atomic E-state index is 5.44. The highest BCUT2D eigenvalue weighted by molar-refractivity contribution is 7.25. The Labute approximate surface area is 233 Å². The van der Waals surface area contributed by atoms with Crippen molar-refractivity contribution in [3.8, 4) is 17.1 Å². The highest BCUT2D eigenvalue weighted by atomic mass is 32.1. The summed E-state index contributed by atoms with van der Waals surface area (Å²) in [5, 5.41) is 8.39. The molecule has 0 aliphatic heterocycles. The van der Waals surface area contributed by atoms with Crippen molar-refractivity contribution in [2.75, 3.05) is 0 Å². The summed E-state index contributed by atoms with van der Waals surface area (Å²) in [5.41, 5.74) is 5.20. The second-order valence-electron chi connectivity index (χ2n) is 10.2. The first kappa shape index (κ1) is 21.8.